The van der Waals surface area contributed by atoms with Crippen molar-refractivity contribution in [2.75, 3.05) is 13.2 Å². The number of rotatable bonds is 5. The maximum absolute atomic E-state index is 12.8. The van der Waals surface area contributed by atoms with Crippen molar-refractivity contribution in [2.45, 2.75) is 32.9 Å². The second-order valence-corrected chi connectivity index (χ2v) is 7.28. The van der Waals surface area contributed by atoms with Crippen LogP contribution < -0.4 is 15.2 Å². The second-order valence-electron chi connectivity index (χ2n) is 7.28. The van der Waals surface area contributed by atoms with Crippen molar-refractivity contribution in [3.8, 4) is 22.8 Å². The second kappa shape index (κ2) is 7.66. The van der Waals surface area contributed by atoms with E-state index < -0.39 is 18.0 Å². The first kappa shape index (κ1) is 19.7. The number of ether oxygens (including phenoxy) is 3. The SMILES string of the molecule is CC(C)n1ncc2c(C(=O)O[C@@H](C)C(N)=O)cc(-c3ccc4c(c3)OCCO4)nc21. The summed E-state index contributed by atoms with van der Waals surface area (Å²) in [7, 11) is 0. The average molecular weight is 410 g/mol. The fourth-order valence-electron chi connectivity index (χ4n) is 3.20. The summed E-state index contributed by atoms with van der Waals surface area (Å²) in [5.74, 6) is -0.118. The minimum atomic E-state index is -1.06. The molecule has 2 N–H and O–H groups in total. The number of nitrogens with zero attached hydrogens (tertiary/aromatic N) is 3. The Balaban J connectivity index is 1.85. The summed E-state index contributed by atoms with van der Waals surface area (Å²) in [5.41, 5.74) is 7.31. The van der Waals surface area contributed by atoms with Crippen LogP contribution in [0.3, 0.4) is 0 Å². The van der Waals surface area contributed by atoms with Gasteiger partial charge in [-0.2, -0.15) is 5.10 Å². The Morgan fingerprint density at radius 3 is 2.57 bits per heavy atom. The molecule has 0 unspecified atom stereocenters. The molecule has 0 saturated carbocycles. The van der Waals surface area contributed by atoms with Crippen molar-refractivity contribution in [3.63, 3.8) is 0 Å². The summed E-state index contributed by atoms with van der Waals surface area (Å²) < 4.78 is 18.2. The molecule has 4 rings (SSSR count). The maximum atomic E-state index is 12.8. The molecule has 1 aliphatic rings. The molecule has 0 spiro atoms. The third-order valence-electron chi connectivity index (χ3n) is 4.80. The van der Waals surface area contributed by atoms with Crippen LogP contribution in [0, 0.1) is 0 Å². The van der Waals surface area contributed by atoms with E-state index in [0.717, 1.165) is 5.56 Å². The molecule has 1 aliphatic heterocycles. The largest absolute Gasteiger partial charge is 0.486 e. The van der Waals surface area contributed by atoms with Crippen LogP contribution in [0.15, 0.2) is 30.5 Å². The third-order valence-corrected chi connectivity index (χ3v) is 4.80. The van der Waals surface area contributed by atoms with Crippen molar-refractivity contribution in [2.24, 2.45) is 5.73 Å². The Kier molecular flexibility index (Phi) is 5.03. The van der Waals surface area contributed by atoms with Gasteiger partial charge in [0.2, 0.25) is 0 Å². The van der Waals surface area contributed by atoms with Crippen molar-refractivity contribution in [3.05, 3.63) is 36.0 Å². The molecule has 0 saturated heterocycles. The van der Waals surface area contributed by atoms with E-state index in [0.29, 0.717) is 41.4 Å². The molecular weight excluding hydrogens is 388 g/mol. The van der Waals surface area contributed by atoms with E-state index in [1.54, 1.807) is 16.9 Å². The number of hydrogen-bond acceptors (Lipinski definition) is 7. The van der Waals surface area contributed by atoms with Crippen LogP contribution >= 0.6 is 0 Å². The number of carbonyl (C=O) groups is 2. The number of carbonyl (C=O) groups excluding carboxylic acids is 2. The highest BCUT2D eigenvalue weighted by Crippen LogP contribution is 2.35. The standard InChI is InChI=1S/C21H22N4O5/c1-11(2)25-20-15(10-23-25)14(21(27)30-12(3)19(22)26)9-16(24-20)13-4-5-17-18(8-13)29-7-6-28-17/h4-5,8-12H,6-7H2,1-3H3,(H2,22,26)/t12-/m0/s1. The molecule has 0 aliphatic carbocycles. The van der Waals surface area contributed by atoms with Gasteiger partial charge in [-0.3, -0.25) is 4.79 Å². The van der Waals surface area contributed by atoms with Crippen LogP contribution in [0.2, 0.25) is 0 Å². The Labute approximate surface area is 172 Å². The molecular formula is C21H22N4O5. The van der Waals surface area contributed by atoms with Gasteiger partial charge in [-0.15, -0.1) is 0 Å². The molecule has 2 aromatic heterocycles. The van der Waals surface area contributed by atoms with Crippen molar-refractivity contribution in [1.29, 1.82) is 0 Å². The monoisotopic (exact) mass is 410 g/mol. The Morgan fingerprint density at radius 1 is 1.13 bits per heavy atom. The highest BCUT2D eigenvalue weighted by atomic mass is 16.6. The molecule has 0 radical (unpaired) electrons. The van der Waals surface area contributed by atoms with Crippen molar-refractivity contribution in [1.82, 2.24) is 14.8 Å². The van der Waals surface area contributed by atoms with Gasteiger partial charge in [0.1, 0.15) is 13.2 Å². The van der Waals surface area contributed by atoms with Gasteiger partial charge >= 0.3 is 5.97 Å². The van der Waals surface area contributed by atoms with Gasteiger partial charge in [0.25, 0.3) is 5.91 Å². The summed E-state index contributed by atoms with van der Waals surface area (Å²) in [4.78, 5) is 28.9. The fourth-order valence-corrected chi connectivity index (χ4v) is 3.20. The smallest absolute Gasteiger partial charge is 0.339 e. The van der Waals surface area contributed by atoms with Gasteiger partial charge in [0.15, 0.2) is 23.3 Å². The number of pyridine rings is 1. The van der Waals surface area contributed by atoms with Crippen molar-refractivity contribution < 1.29 is 23.8 Å². The molecule has 1 amide bonds. The lowest BCUT2D eigenvalue weighted by molar-refractivity contribution is -0.125. The summed E-state index contributed by atoms with van der Waals surface area (Å²) in [6.07, 6.45) is 0.514. The van der Waals surface area contributed by atoms with Gasteiger partial charge < -0.3 is 19.9 Å². The predicted octanol–water partition coefficient (Wildman–Crippen LogP) is 2.48. The predicted molar refractivity (Wildman–Crippen MR) is 108 cm³/mol. The number of amides is 1. The zero-order valence-electron chi connectivity index (χ0n) is 16.9. The summed E-state index contributed by atoms with van der Waals surface area (Å²) in [5, 5.41) is 4.90. The lowest BCUT2D eigenvalue weighted by atomic mass is 10.1. The lowest BCUT2D eigenvalue weighted by Crippen LogP contribution is -2.30. The topological polar surface area (TPSA) is 119 Å². The third kappa shape index (κ3) is 3.54. The number of nitrogens with two attached hydrogens (primary N) is 1. The molecule has 3 aromatic rings. The van der Waals surface area contributed by atoms with E-state index >= 15 is 0 Å². The quantitative estimate of drug-likeness (QED) is 0.642. The van der Waals surface area contributed by atoms with Crippen LogP contribution in [-0.2, 0) is 9.53 Å². The average Bonchev–Trinajstić information content (AvgIpc) is 3.16. The molecule has 0 fully saturated rings. The summed E-state index contributed by atoms with van der Waals surface area (Å²) >= 11 is 0. The van der Waals surface area contributed by atoms with E-state index in [4.69, 9.17) is 24.9 Å². The Bertz CT molecular complexity index is 1140. The summed E-state index contributed by atoms with van der Waals surface area (Å²) in [6, 6.07) is 7.12. The zero-order valence-corrected chi connectivity index (χ0v) is 16.9. The van der Waals surface area contributed by atoms with Crippen LogP contribution in [0.4, 0.5) is 0 Å². The first-order chi connectivity index (χ1) is 14.3. The number of esters is 1. The molecule has 30 heavy (non-hydrogen) atoms. The van der Waals surface area contributed by atoms with Gasteiger partial charge in [-0.25, -0.2) is 14.5 Å². The van der Waals surface area contributed by atoms with Gasteiger partial charge in [0, 0.05) is 11.6 Å². The van der Waals surface area contributed by atoms with E-state index in [1.807, 2.05) is 32.0 Å². The Hall–Kier alpha value is -3.62. The highest BCUT2D eigenvalue weighted by molar-refractivity contribution is 6.04. The normalized spacial score (nSPS) is 14.0. The molecule has 0 bridgehead atoms. The summed E-state index contributed by atoms with van der Waals surface area (Å²) in [6.45, 7) is 6.33. The minimum Gasteiger partial charge on any atom is -0.486 e. The number of primary amides is 1. The van der Waals surface area contributed by atoms with Crippen LogP contribution in [0.5, 0.6) is 11.5 Å². The molecule has 9 nitrogen and oxygen atoms in total. The zero-order chi connectivity index (χ0) is 21.4. The minimum absolute atomic E-state index is 0.0268. The van der Waals surface area contributed by atoms with Crippen molar-refractivity contribution >= 4 is 22.9 Å². The molecule has 9 heteroatoms. The highest BCUT2D eigenvalue weighted by Gasteiger charge is 2.23. The van der Waals surface area contributed by atoms with E-state index in [2.05, 4.69) is 5.10 Å². The fraction of sp³-hybridized carbons (Fsp3) is 0.333. The van der Waals surface area contributed by atoms with Gasteiger partial charge in [0.05, 0.1) is 22.8 Å². The molecule has 1 atom stereocenters. The number of fused-ring (bicyclic) bond motifs is 2. The first-order valence-corrected chi connectivity index (χ1v) is 9.63. The van der Waals surface area contributed by atoms with Crippen LogP contribution in [0.1, 0.15) is 37.2 Å². The molecule has 156 valence electrons. The van der Waals surface area contributed by atoms with Crippen LogP contribution in [-0.4, -0.2) is 46.0 Å². The van der Waals surface area contributed by atoms with Gasteiger partial charge in [-0.1, -0.05) is 0 Å². The lowest BCUT2D eigenvalue weighted by Gasteiger charge is -2.19. The Morgan fingerprint density at radius 2 is 1.87 bits per heavy atom. The van der Waals surface area contributed by atoms with Crippen LogP contribution in [0.25, 0.3) is 22.3 Å². The molecule has 1 aromatic carbocycles. The number of aromatic nitrogens is 3. The number of benzene rings is 1. The molecule has 3 heterocycles. The number of hydrogen-bond donors (Lipinski definition) is 1. The van der Waals surface area contributed by atoms with Gasteiger partial charge in [-0.05, 0) is 45.0 Å². The maximum Gasteiger partial charge on any atom is 0.339 e. The van der Waals surface area contributed by atoms with E-state index in [-0.39, 0.29) is 11.6 Å². The van der Waals surface area contributed by atoms with E-state index in [1.165, 1.54) is 6.92 Å². The van der Waals surface area contributed by atoms with E-state index in [9.17, 15) is 9.59 Å². The first-order valence-electron chi connectivity index (χ1n) is 9.63.